The maximum atomic E-state index is 10.1. The number of rotatable bonds is 3. The van der Waals surface area contributed by atoms with Crippen molar-refractivity contribution in [3.8, 4) is 18.1 Å². The highest BCUT2D eigenvalue weighted by atomic mass is 16.5. The summed E-state index contributed by atoms with van der Waals surface area (Å²) in [4.78, 5) is 10.1. The Morgan fingerprint density at radius 2 is 1.93 bits per heavy atom. The van der Waals surface area contributed by atoms with Gasteiger partial charge in [-0.2, -0.15) is 0 Å². The molecule has 0 aliphatic carbocycles. The molecule has 0 saturated carbocycles. The van der Waals surface area contributed by atoms with E-state index in [1.807, 2.05) is 0 Å². The summed E-state index contributed by atoms with van der Waals surface area (Å²) in [6.45, 7) is 3.58. The molecule has 0 saturated heterocycles. The highest BCUT2D eigenvalue weighted by Gasteiger charge is 2.15. The van der Waals surface area contributed by atoms with E-state index in [0.29, 0.717) is 11.4 Å². The monoisotopic (exact) mass is 189 g/mol. The SMILES string of the molecule is C#CC(C)(C)Oc1ccc(N=O)cc1. The van der Waals surface area contributed by atoms with Gasteiger partial charge in [-0.05, 0) is 43.3 Å². The molecule has 0 bridgehead atoms. The fourth-order valence-electron chi connectivity index (χ4n) is 0.899. The molecule has 0 aliphatic heterocycles. The van der Waals surface area contributed by atoms with Crippen LogP contribution >= 0.6 is 0 Å². The summed E-state index contributed by atoms with van der Waals surface area (Å²) in [5.74, 6) is 3.14. The lowest BCUT2D eigenvalue weighted by Gasteiger charge is -2.19. The van der Waals surface area contributed by atoms with Crippen LogP contribution in [0.1, 0.15) is 13.8 Å². The number of benzene rings is 1. The molecule has 0 heterocycles. The van der Waals surface area contributed by atoms with E-state index < -0.39 is 5.60 Å². The molecule has 0 spiro atoms. The minimum absolute atomic E-state index is 0.371. The molecule has 0 unspecified atom stereocenters. The highest BCUT2D eigenvalue weighted by molar-refractivity contribution is 5.41. The Balaban J connectivity index is 2.80. The summed E-state index contributed by atoms with van der Waals surface area (Å²) < 4.78 is 5.47. The van der Waals surface area contributed by atoms with E-state index in [-0.39, 0.29) is 0 Å². The van der Waals surface area contributed by atoms with Gasteiger partial charge in [0.05, 0.1) is 0 Å². The van der Waals surface area contributed by atoms with Crippen LogP contribution in [0.2, 0.25) is 0 Å². The Labute approximate surface area is 83.1 Å². The number of ether oxygens (including phenoxy) is 1. The largest absolute Gasteiger partial charge is 0.475 e. The first-order valence-corrected chi connectivity index (χ1v) is 4.17. The van der Waals surface area contributed by atoms with Crippen LogP contribution in [0.15, 0.2) is 29.4 Å². The molecule has 3 nitrogen and oxygen atoms in total. The normalized spacial score (nSPS) is 10.4. The van der Waals surface area contributed by atoms with Crippen LogP contribution < -0.4 is 4.74 Å². The Bertz CT molecular complexity index is 360. The highest BCUT2D eigenvalue weighted by Crippen LogP contribution is 2.21. The standard InChI is InChI=1S/C11H11NO2/c1-4-11(2,3)14-10-7-5-9(12-13)6-8-10/h1,5-8H,2-3H3. The quantitative estimate of drug-likeness (QED) is 0.541. The van der Waals surface area contributed by atoms with Crippen LogP contribution in [0, 0.1) is 17.3 Å². The third-order valence-electron chi connectivity index (χ3n) is 1.66. The van der Waals surface area contributed by atoms with Crippen LogP contribution in [0.5, 0.6) is 5.75 Å². The number of hydrogen-bond donors (Lipinski definition) is 0. The van der Waals surface area contributed by atoms with Crippen molar-refractivity contribution in [1.29, 1.82) is 0 Å². The molecule has 0 atom stereocenters. The first-order valence-electron chi connectivity index (χ1n) is 4.17. The minimum atomic E-state index is -0.643. The fourth-order valence-corrected chi connectivity index (χ4v) is 0.899. The van der Waals surface area contributed by atoms with Gasteiger partial charge in [0.25, 0.3) is 0 Å². The first-order chi connectivity index (χ1) is 6.57. The topological polar surface area (TPSA) is 38.7 Å². The molecule has 14 heavy (non-hydrogen) atoms. The smallest absolute Gasteiger partial charge is 0.163 e. The lowest BCUT2D eigenvalue weighted by molar-refractivity contribution is 0.172. The molecule has 0 amide bonds. The van der Waals surface area contributed by atoms with E-state index in [4.69, 9.17) is 11.2 Å². The van der Waals surface area contributed by atoms with Crippen molar-refractivity contribution in [1.82, 2.24) is 0 Å². The second kappa shape index (κ2) is 3.93. The molecule has 0 aromatic heterocycles. The lowest BCUT2D eigenvalue weighted by Crippen LogP contribution is -2.25. The van der Waals surface area contributed by atoms with E-state index in [9.17, 15) is 4.91 Å². The molecule has 0 aliphatic rings. The van der Waals surface area contributed by atoms with Crippen LogP contribution in [0.25, 0.3) is 0 Å². The fraction of sp³-hybridized carbons (Fsp3) is 0.273. The molecule has 1 aromatic rings. The van der Waals surface area contributed by atoms with E-state index in [2.05, 4.69) is 11.1 Å². The average Bonchev–Trinajstić information content (AvgIpc) is 2.19. The van der Waals surface area contributed by atoms with Crippen molar-refractivity contribution in [2.45, 2.75) is 19.4 Å². The van der Waals surface area contributed by atoms with Crippen molar-refractivity contribution >= 4 is 5.69 Å². The molecular weight excluding hydrogens is 178 g/mol. The summed E-state index contributed by atoms with van der Waals surface area (Å²) in [6, 6.07) is 6.48. The summed E-state index contributed by atoms with van der Waals surface area (Å²) in [7, 11) is 0. The molecule has 1 rings (SSSR count). The molecule has 72 valence electrons. The molecule has 0 fully saturated rings. The summed E-state index contributed by atoms with van der Waals surface area (Å²) in [5.41, 5.74) is -0.272. The van der Waals surface area contributed by atoms with Gasteiger partial charge in [-0.1, -0.05) is 5.92 Å². The summed E-state index contributed by atoms with van der Waals surface area (Å²) in [6.07, 6.45) is 5.27. The second-order valence-electron chi connectivity index (χ2n) is 3.34. The maximum Gasteiger partial charge on any atom is 0.163 e. The van der Waals surface area contributed by atoms with Crippen molar-refractivity contribution < 1.29 is 4.74 Å². The van der Waals surface area contributed by atoms with Crippen LogP contribution in [0.4, 0.5) is 5.69 Å². The zero-order valence-electron chi connectivity index (χ0n) is 8.15. The molecular formula is C11H11NO2. The summed E-state index contributed by atoms with van der Waals surface area (Å²) in [5, 5.41) is 2.78. The number of hydrogen-bond acceptors (Lipinski definition) is 3. The molecule has 3 heteroatoms. The average molecular weight is 189 g/mol. The van der Waals surface area contributed by atoms with E-state index in [0.717, 1.165) is 0 Å². The van der Waals surface area contributed by atoms with Crippen LogP contribution in [0.3, 0.4) is 0 Å². The maximum absolute atomic E-state index is 10.1. The zero-order chi connectivity index (χ0) is 10.6. The van der Waals surface area contributed by atoms with E-state index >= 15 is 0 Å². The lowest BCUT2D eigenvalue weighted by atomic mass is 10.1. The Morgan fingerprint density at radius 1 is 1.36 bits per heavy atom. The second-order valence-corrected chi connectivity index (χ2v) is 3.34. The van der Waals surface area contributed by atoms with Crippen molar-refractivity contribution in [2.24, 2.45) is 5.18 Å². The van der Waals surface area contributed by atoms with E-state index in [1.165, 1.54) is 0 Å². The van der Waals surface area contributed by atoms with Gasteiger partial charge in [0.1, 0.15) is 11.4 Å². The summed E-state index contributed by atoms with van der Waals surface area (Å²) >= 11 is 0. The van der Waals surface area contributed by atoms with Gasteiger partial charge in [-0.15, -0.1) is 11.3 Å². The number of terminal acetylenes is 1. The van der Waals surface area contributed by atoms with Crippen LogP contribution in [-0.4, -0.2) is 5.60 Å². The van der Waals surface area contributed by atoms with E-state index in [1.54, 1.807) is 38.1 Å². The Hall–Kier alpha value is -1.82. The third-order valence-corrected chi connectivity index (χ3v) is 1.66. The predicted octanol–water partition coefficient (Wildman–Crippen LogP) is 2.88. The van der Waals surface area contributed by atoms with Crippen molar-refractivity contribution in [3.63, 3.8) is 0 Å². The first kappa shape index (κ1) is 10.3. The predicted molar refractivity (Wildman–Crippen MR) is 55.4 cm³/mol. The third kappa shape index (κ3) is 2.60. The minimum Gasteiger partial charge on any atom is -0.475 e. The number of nitrogens with zero attached hydrogens (tertiary/aromatic N) is 1. The van der Waals surface area contributed by atoms with Gasteiger partial charge < -0.3 is 4.74 Å². The Kier molecular flexibility index (Phi) is 2.88. The van der Waals surface area contributed by atoms with Gasteiger partial charge in [-0.3, -0.25) is 0 Å². The van der Waals surface area contributed by atoms with Gasteiger partial charge >= 0.3 is 0 Å². The van der Waals surface area contributed by atoms with Gasteiger partial charge in [0.15, 0.2) is 5.60 Å². The molecule has 0 radical (unpaired) electrons. The molecule has 1 aromatic carbocycles. The van der Waals surface area contributed by atoms with Crippen molar-refractivity contribution in [3.05, 3.63) is 29.2 Å². The number of nitroso groups, excluding NO2 is 1. The van der Waals surface area contributed by atoms with Gasteiger partial charge in [0.2, 0.25) is 0 Å². The molecule has 0 N–H and O–H groups in total. The van der Waals surface area contributed by atoms with Crippen LogP contribution in [-0.2, 0) is 0 Å². The van der Waals surface area contributed by atoms with Gasteiger partial charge in [0, 0.05) is 0 Å². The Morgan fingerprint density at radius 3 is 2.36 bits per heavy atom. The zero-order valence-corrected chi connectivity index (χ0v) is 8.15. The van der Waals surface area contributed by atoms with Crippen molar-refractivity contribution in [2.75, 3.05) is 0 Å². The van der Waals surface area contributed by atoms with Gasteiger partial charge in [-0.25, -0.2) is 0 Å².